The van der Waals surface area contributed by atoms with E-state index in [2.05, 4.69) is 10.5 Å². The molecule has 0 aromatic carbocycles. The maximum Gasteiger partial charge on any atom is 0.251 e. The van der Waals surface area contributed by atoms with Crippen LogP contribution < -0.4 is 17.0 Å². The van der Waals surface area contributed by atoms with Gasteiger partial charge in [0.2, 0.25) is 5.91 Å². The first-order valence-electron chi connectivity index (χ1n) is 4.95. The van der Waals surface area contributed by atoms with Crippen LogP contribution in [0.4, 0.5) is 0 Å². The molecule has 0 bridgehead atoms. The van der Waals surface area contributed by atoms with Gasteiger partial charge in [-0.05, 0) is 12.8 Å². The lowest BCUT2D eigenvalue weighted by Gasteiger charge is -2.01. The summed E-state index contributed by atoms with van der Waals surface area (Å²) in [6.07, 6.45) is 4.91. The predicted molar refractivity (Wildman–Crippen MR) is 56.9 cm³/mol. The van der Waals surface area contributed by atoms with Gasteiger partial charge in [-0.25, -0.2) is 5.84 Å². The van der Waals surface area contributed by atoms with E-state index in [1.807, 2.05) is 0 Å². The molecule has 1 rings (SSSR count). The molecule has 0 saturated heterocycles. The van der Waals surface area contributed by atoms with Crippen molar-refractivity contribution in [2.75, 3.05) is 0 Å². The van der Waals surface area contributed by atoms with Crippen molar-refractivity contribution in [2.24, 2.45) is 11.6 Å². The van der Waals surface area contributed by atoms with Gasteiger partial charge < -0.3 is 5.73 Å². The minimum absolute atomic E-state index is 0.182. The third-order valence-corrected chi connectivity index (χ3v) is 2.12. The highest BCUT2D eigenvalue weighted by atomic mass is 16.2. The number of hydrogen-bond donors (Lipinski definition) is 3. The monoisotopic (exact) mass is 225 g/mol. The largest absolute Gasteiger partial charge is 0.366 e. The van der Waals surface area contributed by atoms with Crippen LogP contribution in [-0.4, -0.2) is 21.6 Å². The molecule has 16 heavy (non-hydrogen) atoms. The van der Waals surface area contributed by atoms with Gasteiger partial charge in [0.15, 0.2) is 0 Å². The van der Waals surface area contributed by atoms with Gasteiger partial charge >= 0.3 is 0 Å². The maximum atomic E-state index is 10.8. The first-order valence-corrected chi connectivity index (χ1v) is 4.95. The fraction of sp³-hybridized carbons (Fsp3) is 0.444. The number of amides is 2. The van der Waals surface area contributed by atoms with Crippen LogP contribution in [0.25, 0.3) is 0 Å². The number of carbonyl (C=O) groups is 2. The van der Waals surface area contributed by atoms with Crippen molar-refractivity contribution in [3.05, 3.63) is 18.0 Å². The number of unbranched alkanes of at least 4 members (excludes halogenated alkanes) is 1. The number of carbonyl (C=O) groups excluding carboxylic acids is 2. The zero-order chi connectivity index (χ0) is 12.0. The molecular weight excluding hydrogens is 210 g/mol. The van der Waals surface area contributed by atoms with E-state index in [-0.39, 0.29) is 5.91 Å². The van der Waals surface area contributed by atoms with Crippen LogP contribution >= 0.6 is 0 Å². The van der Waals surface area contributed by atoms with Gasteiger partial charge in [-0.2, -0.15) is 5.10 Å². The van der Waals surface area contributed by atoms with Crippen LogP contribution in [0.3, 0.4) is 0 Å². The summed E-state index contributed by atoms with van der Waals surface area (Å²) in [7, 11) is 0. The van der Waals surface area contributed by atoms with Crippen molar-refractivity contribution in [1.82, 2.24) is 15.2 Å². The summed E-state index contributed by atoms with van der Waals surface area (Å²) in [5.74, 6) is 4.26. The number of primary amides is 1. The van der Waals surface area contributed by atoms with E-state index >= 15 is 0 Å². The molecule has 2 amide bonds. The standard InChI is InChI=1S/C9H15N5O2/c10-9(16)7-5-12-14(6-7)4-2-1-3-8(15)13-11/h5-6H,1-4,11H2,(H2,10,16)(H,13,15). The number of nitrogens with one attached hydrogen (secondary N) is 1. The highest BCUT2D eigenvalue weighted by Gasteiger charge is 2.03. The SMILES string of the molecule is NNC(=O)CCCCn1cc(C(N)=O)cn1. The molecule has 88 valence electrons. The van der Waals surface area contributed by atoms with E-state index in [1.165, 1.54) is 6.20 Å². The average Bonchev–Trinajstić information content (AvgIpc) is 2.72. The van der Waals surface area contributed by atoms with E-state index < -0.39 is 5.91 Å². The van der Waals surface area contributed by atoms with Crippen LogP contribution in [0.15, 0.2) is 12.4 Å². The third-order valence-electron chi connectivity index (χ3n) is 2.12. The van der Waals surface area contributed by atoms with Crippen LogP contribution in [0.1, 0.15) is 29.6 Å². The topological polar surface area (TPSA) is 116 Å². The Labute approximate surface area is 92.8 Å². The van der Waals surface area contributed by atoms with E-state index in [4.69, 9.17) is 11.6 Å². The molecule has 0 aliphatic rings. The Morgan fingerprint density at radius 1 is 1.44 bits per heavy atom. The smallest absolute Gasteiger partial charge is 0.251 e. The first kappa shape index (κ1) is 12.2. The molecule has 1 aromatic heterocycles. The number of aromatic nitrogens is 2. The highest BCUT2D eigenvalue weighted by Crippen LogP contribution is 2.01. The number of rotatable bonds is 6. The van der Waals surface area contributed by atoms with E-state index in [1.54, 1.807) is 10.9 Å². The Morgan fingerprint density at radius 2 is 2.19 bits per heavy atom. The molecule has 0 aliphatic carbocycles. The van der Waals surface area contributed by atoms with Crippen molar-refractivity contribution < 1.29 is 9.59 Å². The van der Waals surface area contributed by atoms with E-state index in [0.717, 1.165) is 12.8 Å². The molecular formula is C9H15N5O2. The van der Waals surface area contributed by atoms with Gasteiger partial charge in [0, 0.05) is 19.2 Å². The fourth-order valence-electron chi connectivity index (χ4n) is 1.24. The second-order valence-corrected chi connectivity index (χ2v) is 3.38. The van der Waals surface area contributed by atoms with Crippen molar-refractivity contribution in [3.8, 4) is 0 Å². The molecule has 0 fully saturated rings. The minimum atomic E-state index is -0.492. The summed E-state index contributed by atoms with van der Waals surface area (Å²) in [5.41, 5.74) is 7.53. The molecule has 1 heterocycles. The molecule has 5 N–H and O–H groups in total. The van der Waals surface area contributed by atoms with Gasteiger partial charge in [0.05, 0.1) is 11.8 Å². The highest BCUT2D eigenvalue weighted by molar-refractivity contribution is 5.92. The van der Waals surface area contributed by atoms with Crippen LogP contribution in [0.2, 0.25) is 0 Å². The Hall–Kier alpha value is -1.89. The van der Waals surface area contributed by atoms with Crippen LogP contribution in [0.5, 0.6) is 0 Å². The van der Waals surface area contributed by atoms with Gasteiger partial charge in [-0.15, -0.1) is 0 Å². The van der Waals surface area contributed by atoms with Crippen molar-refractivity contribution >= 4 is 11.8 Å². The molecule has 0 spiro atoms. The van der Waals surface area contributed by atoms with Gasteiger partial charge in [-0.1, -0.05) is 0 Å². The number of hydrogen-bond acceptors (Lipinski definition) is 4. The fourth-order valence-corrected chi connectivity index (χ4v) is 1.24. The molecule has 0 saturated carbocycles. The molecule has 7 nitrogen and oxygen atoms in total. The third kappa shape index (κ3) is 3.70. The van der Waals surface area contributed by atoms with E-state index in [0.29, 0.717) is 18.5 Å². The van der Waals surface area contributed by atoms with Crippen molar-refractivity contribution in [3.63, 3.8) is 0 Å². The zero-order valence-electron chi connectivity index (χ0n) is 8.85. The maximum absolute atomic E-state index is 10.8. The lowest BCUT2D eigenvalue weighted by Crippen LogP contribution is -2.29. The number of hydrazine groups is 1. The van der Waals surface area contributed by atoms with E-state index in [9.17, 15) is 9.59 Å². The lowest BCUT2D eigenvalue weighted by molar-refractivity contribution is -0.121. The molecule has 0 aliphatic heterocycles. The summed E-state index contributed by atoms with van der Waals surface area (Å²) in [5, 5.41) is 3.96. The number of nitrogens with zero attached hydrogens (tertiary/aromatic N) is 2. The summed E-state index contributed by atoms with van der Waals surface area (Å²) >= 11 is 0. The van der Waals surface area contributed by atoms with Gasteiger partial charge in [0.1, 0.15) is 0 Å². The summed E-state index contributed by atoms with van der Waals surface area (Å²) in [6, 6.07) is 0. The Kier molecular flexibility index (Phi) is 4.46. The Balaban J connectivity index is 2.27. The second-order valence-electron chi connectivity index (χ2n) is 3.38. The summed E-state index contributed by atoms with van der Waals surface area (Å²) < 4.78 is 1.63. The lowest BCUT2D eigenvalue weighted by atomic mass is 10.2. The quantitative estimate of drug-likeness (QED) is 0.253. The molecule has 0 atom stereocenters. The normalized spacial score (nSPS) is 10.1. The predicted octanol–water partition coefficient (Wildman–Crippen LogP) is -0.858. The zero-order valence-corrected chi connectivity index (χ0v) is 8.85. The second kappa shape index (κ2) is 5.86. The van der Waals surface area contributed by atoms with Gasteiger partial charge in [0.25, 0.3) is 5.91 Å². The summed E-state index contributed by atoms with van der Waals surface area (Å²) in [4.78, 5) is 21.6. The number of aryl methyl sites for hydroxylation is 1. The molecule has 1 aromatic rings. The van der Waals surface area contributed by atoms with Crippen molar-refractivity contribution in [1.29, 1.82) is 0 Å². The van der Waals surface area contributed by atoms with Gasteiger partial charge in [-0.3, -0.25) is 19.7 Å². The molecule has 0 radical (unpaired) electrons. The molecule has 7 heteroatoms. The Bertz CT molecular complexity index is 374. The first-order chi connectivity index (χ1) is 7.63. The summed E-state index contributed by atoms with van der Waals surface area (Å²) in [6.45, 7) is 0.644. The van der Waals surface area contributed by atoms with Crippen LogP contribution in [0, 0.1) is 0 Å². The number of nitrogens with two attached hydrogens (primary N) is 2. The Morgan fingerprint density at radius 3 is 2.75 bits per heavy atom. The molecule has 0 unspecified atom stereocenters. The van der Waals surface area contributed by atoms with Crippen LogP contribution in [-0.2, 0) is 11.3 Å². The minimum Gasteiger partial charge on any atom is -0.366 e. The average molecular weight is 225 g/mol. The van der Waals surface area contributed by atoms with Crippen molar-refractivity contribution in [2.45, 2.75) is 25.8 Å².